The van der Waals surface area contributed by atoms with Gasteiger partial charge >= 0.3 is 0 Å². The van der Waals surface area contributed by atoms with E-state index in [4.69, 9.17) is 4.74 Å². The number of benzene rings is 1. The summed E-state index contributed by atoms with van der Waals surface area (Å²) in [4.78, 5) is 0. The van der Waals surface area contributed by atoms with Crippen molar-refractivity contribution in [2.75, 3.05) is 7.11 Å². The molecule has 1 aromatic rings. The SMILES string of the molecule is CCCCC(O)C#Cc1ccc(OC)cc1. The van der Waals surface area contributed by atoms with E-state index >= 15 is 0 Å². The quantitative estimate of drug-likeness (QED) is 0.787. The molecule has 0 heterocycles. The Labute approximate surface area is 97.3 Å². The average Bonchev–Trinajstić information content (AvgIpc) is 2.34. The summed E-state index contributed by atoms with van der Waals surface area (Å²) in [6.45, 7) is 2.10. The fourth-order valence-corrected chi connectivity index (χ4v) is 1.31. The van der Waals surface area contributed by atoms with Crippen LogP contribution in [0.5, 0.6) is 5.75 Å². The minimum absolute atomic E-state index is 0.512. The lowest BCUT2D eigenvalue weighted by molar-refractivity contribution is 0.218. The fourth-order valence-electron chi connectivity index (χ4n) is 1.31. The highest BCUT2D eigenvalue weighted by atomic mass is 16.5. The number of methoxy groups -OCH3 is 1. The molecule has 0 spiro atoms. The van der Waals surface area contributed by atoms with Gasteiger partial charge in [0.2, 0.25) is 0 Å². The lowest BCUT2D eigenvalue weighted by Crippen LogP contribution is -2.01. The van der Waals surface area contributed by atoms with Crippen molar-refractivity contribution in [2.45, 2.75) is 32.3 Å². The van der Waals surface area contributed by atoms with Crippen LogP contribution in [0.1, 0.15) is 31.7 Å². The first kappa shape index (κ1) is 12.6. The summed E-state index contributed by atoms with van der Waals surface area (Å²) in [7, 11) is 1.63. The van der Waals surface area contributed by atoms with Crippen molar-refractivity contribution in [2.24, 2.45) is 0 Å². The van der Waals surface area contributed by atoms with E-state index in [0.29, 0.717) is 0 Å². The third kappa shape index (κ3) is 4.37. The van der Waals surface area contributed by atoms with E-state index in [9.17, 15) is 5.11 Å². The molecule has 2 nitrogen and oxygen atoms in total. The van der Waals surface area contributed by atoms with Crippen LogP contribution in [0.15, 0.2) is 24.3 Å². The van der Waals surface area contributed by atoms with Crippen molar-refractivity contribution in [1.29, 1.82) is 0 Å². The molecular weight excluding hydrogens is 200 g/mol. The summed E-state index contributed by atoms with van der Waals surface area (Å²) < 4.78 is 5.05. The van der Waals surface area contributed by atoms with Gasteiger partial charge in [0.05, 0.1) is 7.11 Å². The smallest absolute Gasteiger partial charge is 0.118 e. The minimum atomic E-state index is -0.512. The van der Waals surface area contributed by atoms with Gasteiger partial charge in [0.1, 0.15) is 11.9 Å². The maximum atomic E-state index is 9.54. The molecule has 1 aromatic carbocycles. The van der Waals surface area contributed by atoms with Gasteiger partial charge in [-0.3, -0.25) is 0 Å². The predicted octanol–water partition coefficient (Wildman–Crippen LogP) is 2.60. The average molecular weight is 218 g/mol. The molecule has 0 fully saturated rings. The van der Waals surface area contributed by atoms with Crippen molar-refractivity contribution in [1.82, 2.24) is 0 Å². The van der Waals surface area contributed by atoms with Gasteiger partial charge in [0.15, 0.2) is 0 Å². The van der Waals surface area contributed by atoms with Crippen LogP contribution in [-0.2, 0) is 0 Å². The maximum absolute atomic E-state index is 9.54. The molecule has 0 aliphatic heterocycles. The molecule has 16 heavy (non-hydrogen) atoms. The molecule has 1 unspecified atom stereocenters. The Morgan fingerprint density at radius 3 is 2.56 bits per heavy atom. The van der Waals surface area contributed by atoms with Gasteiger partial charge in [-0.1, -0.05) is 31.6 Å². The lowest BCUT2D eigenvalue weighted by Gasteiger charge is -2.00. The molecule has 0 aliphatic rings. The predicted molar refractivity (Wildman–Crippen MR) is 65.4 cm³/mol. The topological polar surface area (TPSA) is 29.5 Å². The number of aliphatic hydroxyl groups excluding tert-OH is 1. The van der Waals surface area contributed by atoms with Crippen LogP contribution in [0.4, 0.5) is 0 Å². The molecule has 86 valence electrons. The third-order valence-electron chi connectivity index (χ3n) is 2.30. The highest BCUT2D eigenvalue weighted by Crippen LogP contribution is 2.10. The molecular formula is C14H18O2. The minimum Gasteiger partial charge on any atom is -0.497 e. The lowest BCUT2D eigenvalue weighted by atomic mass is 10.1. The van der Waals surface area contributed by atoms with Crippen molar-refractivity contribution < 1.29 is 9.84 Å². The van der Waals surface area contributed by atoms with Gasteiger partial charge in [-0.15, -0.1) is 0 Å². The number of aliphatic hydroxyl groups is 1. The van der Waals surface area contributed by atoms with Gasteiger partial charge < -0.3 is 9.84 Å². The van der Waals surface area contributed by atoms with Gasteiger partial charge in [-0.05, 0) is 30.7 Å². The van der Waals surface area contributed by atoms with E-state index in [1.165, 1.54) is 0 Å². The molecule has 0 bridgehead atoms. The number of ether oxygens (including phenoxy) is 1. The van der Waals surface area contributed by atoms with Crippen LogP contribution >= 0.6 is 0 Å². The summed E-state index contributed by atoms with van der Waals surface area (Å²) in [5, 5.41) is 9.54. The first-order valence-electron chi connectivity index (χ1n) is 5.60. The van der Waals surface area contributed by atoms with E-state index < -0.39 is 6.10 Å². The summed E-state index contributed by atoms with van der Waals surface area (Å²) in [6.07, 6.45) is 2.33. The Hall–Kier alpha value is -1.46. The van der Waals surface area contributed by atoms with Gasteiger partial charge in [0, 0.05) is 5.56 Å². The van der Waals surface area contributed by atoms with Crippen LogP contribution in [0.2, 0.25) is 0 Å². The Morgan fingerprint density at radius 2 is 2.00 bits per heavy atom. The zero-order valence-corrected chi connectivity index (χ0v) is 9.86. The van der Waals surface area contributed by atoms with Crippen molar-refractivity contribution in [3.63, 3.8) is 0 Å². The van der Waals surface area contributed by atoms with Crippen LogP contribution < -0.4 is 4.74 Å². The molecule has 2 heteroatoms. The Morgan fingerprint density at radius 1 is 1.31 bits per heavy atom. The van der Waals surface area contributed by atoms with Crippen LogP contribution in [0.3, 0.4) is 0 Å². The summed E-state index contributed by atoms with van der Waals surface area (Å²) in [5.74, 6) is 6.60. The molecule has 0 amide bonds. The Bertz CT molecular complexity index is 357. The standard InChI is InChI=1S/C14H18O2/c1-3-4-5-13(15)9-6-12-7-10-14(16-2)11-8-12/h7-8,10-11,13,15H,3-5H2,1-2H3. The second-order valence-corrected chi connectivity index (χ2v) is 3.66. The molecule has 0 aromatic heterocycles. The highest BCUT2D eigenvalue weighted by molar-refractivity contribution is 5.38. The number of unbranched alkanes of at least 4 members (excludes halogenated alkanes) is 1. The van der Waals surface area contributed by atoms with Gasteiger partial charge in [0.25, 0.3) is 0 Å². The largest absolute Gasteiger partial charge is 0.497 e. The Kier molecular flexibility index (Phi) is 5.45. The number of hydrogen-bond donors (Lipinski definition) is 1. The van der Waals surface area contributed by atoms with E-state index in [2.05, 4.69) is 18.8 Å². The van der Waals surface area contributed by atoms with Crippen molar-refractivity contribution in [3.05, 3.63) is 29.8 Å². The van der Waals surface area contributed by atoms with E-state index in [1.807, 2.05) is 24.3 Å². The van der Waals surface area contributed by atoms with Crippen LogP contribution in [0, 0.1) is 11.8 Å². The number of rotatable bonds is 4. The molecule has 0 saturated carbocycles. The third-order valence-corrected chi connectivity index (χ3v) is 2.30. The second kappa shape index (κ2) is 6.92. The molecule has 0 radical (unpaired) electrons. The molecule has 0 aliphatic carbocycles. The van der Waals surface area contributed by atoms with E-state index in [-0.39, 0.29) is 0 Å². The Balaban J connectivity index is 2.55. The van der Waals surface area contributed by atoms with Gasteiger partial charge in [-0.25, -0.2) is 0 Å². The van der Waals surface area contributed by atoms with E-state index in [1.54, 1.807) is 7.11 Å². The van der Waals surface area contributed by atoms with Crippen LogP contribution in [0.25, 0.3) is 0 Å². The second-order valence-electron chi connectivity index (χ2n) is 3.66. The molecule has 0 saturated heterocycles. The van der Waals surface area contributed by atoms with Gasteiger partial charge in [-0.2, -0.15) is 0 Å². The zero-order chi connectivity index (χ0) is 11.8. The summed E-state index contributed by atoms with van der Waals surface area (Å²) in [5.41, 5.74) is 0.899. The number of hydrogen-bond acceptors (Lipinski definition) is 2. The molecule has 1 N–H and O–H groups in total. The monoisotopic (exact) mass is 218 g/mol. The van der Waals surface area contributed by atoms with Crippen molar-refractivity contribution >= 4 is 0 Å². The van der Waals surface area contributed by atoms with Crippen LogP contribution in [-0.4, -0.2) is 18.3 Å². The highest BCUT2D eigenvalue weighted by Gasteiger charge is 1.97. The zero-order valence-electron chi connectivity index (χ0n) is 9.86. The molecule has 1 atom stereocenters. The molecule has 1 rings (SSSR count). The summed E-state index contributed by atoms with van der Waals surface area (Å²) in [6, 6.07) is 7.50. The first-order chi connectivity index (χ1) is 7.76. The normalized spacial score (nSPS) is 11.4. The van der Waals surface area contributed by atoms with Crippen molar-refractivity contribution in [3.8, 4) is 17.6 Å². The van der Waals surface area contributed by atoms with E-state index in [0.717, 1.165) is 30.6 Å². The fraction of sp³-hybridized carbons (Fsp3) is 0.429. The summed E-state index contributed by atoms with van der Waals surface area (Å²) >= 11 is 0. The maximum Gasteiger partial charge on any atom is 0.118 e. The first-order valence-corrected chi connectivity index (χ1v) is 5.60.